The zero-order valence-corrected chi connectivity index (χ0v) is 16.3. The lowest BCUT2D eigenvalue weighted by Crippen LogP contribution is -2.26. The van der Waals surface area contributed by atoms with Gasteiger partial charge in [0.15, 0.2) is 0 Å². The van der Waals surface area contributed by atoms with Crippen LogP contribution in [0.5, 0.6) is 0 Å². The van der Waals surface area contributed by atoms with Crippen LogP contribution < -0.4 is 10.6 Å². The van der Waals surface area contributed by atoms with Crippen molar-refractivity contribution in [3.8, 4) is 11.3 Å². The van der Waals surface area contributed by atoms with Gasteiger partial charge in [-0.05, 0) is 24.1 Å². The highest BCUT2D eigenvalue weighted by molar-refractivity contribution is 5.59. The summed E-state index contributed by atoms with van der Waals surface area (Å²) in [5.74, 6) is -0.293. The zero-order chi connectivity index (χ0) is 21.6. The molecule has 0 fully saturated rings. The highest BCUT2D eigenvalue weighted by Gasteiger charge is 2.35. The van der Waals surface area contributed by atoms with E-state index in [9.17, 15) is 18.3 Å². The summed E-state index contributed by atoms with van der Waals surface area (Å²) in [5, 5.41) is 14.9. The second-order valence-electron chi connectivity index (χ2n) is 6.65. The fraction of sp³-hybridized carbons (Fsp3) is 0.286. The third-order valence-electron chi connectivity index (χ3n) is 4.51. The van der Waals surface area contributed by atoms with E-state index in [1.807, 2.05) is 42.5 Å². The number of hydrogen-bond donors (Lipinski definition) is 3. The minimum absolute atomic E-state index is 0.0621. The Morgan fingerprint density at radius 2 is 1.83 bits per heavy atom. The van der Waals surface area contributed by atoms with Gasteiger partial charge < -0.3 is 15.7 Å². The minimum atomic E-state index is -4.60. The molecule has 3 aromatic rings. The maximum absolute atomic E-state index is 13.3. The van der Waals surface area contributed by atoms with Gasteiger partial charge in [0.25, 0.3) is 0 Å². The topological polar surface area (TPSA) is 83.0 Å². The van der Waals surface area contributed by atoms with Gasteiger partial charge in [0, 0.05) is 24.5 Å². The van der Waals surface area contributed by atoms with Crippen molar-refractivity contribution in [2.75, 3.05) is 17.2 Å². The van der Waals surface area contributed by atoms with Gasteiger partial charge in [0.2, 0.25) is 5.95 Å². The van der Waals surface area contributed by atoms with Crippen LogP contribution in [0, 0.1) is 0 Å². The van der Waals surface area contributed by atoms with Crippen LogP contribution in [0.4, 0.5) is 24.9 Å². The maximum atomic E-state index is 13.3. The second-order valence-corrected chi connectivity index (χ2v) is 6.65. The standard InChI is InChI=1S/C21H22F3N5O/c1-2-16(13-30)28-19-17(21(22,23)24)12-27-20(29-19)26-11-14-6-8-15(9-7-14)18-5-3-4-10-25-18/h3-10,12,16,30H,2,11,13H2,1H3,(H2,26,27,28,29)/t16-/m1/s1. The molecule has 0 amide bonds. The van der Waals surface area contributed by atoms with Crippen LogP contribution in [-0.4, -0.2) is 32.7 Å². The van der Waals surface area contributed by atoms with Crippen molar-refractivity contribution in [2.45, 2.75) is 32.1 Å². The predicted octanol–water partition coefficient (Wildman–Crippen LogP) is 4.35. The van der Waals surface area contributed by atoms with Gasteiger partial charge >= 0.3 is 6.18 Å². The number of aliphatic hydroxyl groups is 1. The number of nitrogens with one attached hydrogen (secondary N) is 2. The SMILES string of the molecule is CC[C@H](CO)Nc1nc(NCc2ccc(-c3ccccn3)cc2)ncc1C(F)(F)F. The number of aliphatic hydroxyl groups excluding tert-OH is 1. The number of alkyl halides is 3. The molecule has 0 aliphatic carbocycles. The van der Waals surface area contributed by atoms with Crippen LogP contribution in [0.25, 0.3) is 11.3 Å². The first-order chi connectivity index (χ1) is 14.4. The molecular weight excluding hydrogens is 395 g/mol. The molecule has 30 heavy (non-hydrogen) atoms. The molecule has 3 N–H and O–H groups in total. The third-order valence-corrected chi connectivity index (χ3v) is 4.51. The number of nitrogens with zero attached hydrogens (tertiary/aromatic N) is 3. The second kappa shape index (κ2) is 9.53. The van der Waals surface area contributed by atoms with E-state index in [2.05, 4.69) is 25.6 Å². The molecule has 6 nitrogen and oxygen atoms in total. The molecule has 3 rings (SSSR count). The van der Waals surface area contributed by atoms with Crippen LogP contribution in [0.1, 0.15) is 24.5 Å². The fourth-order valence-electron chi connectivity index (χ4n) is 2.76. The van der Waals surface area contributed by atoms with Crippen LogP contribution in [0.2, 0.25) is 0 Å². The summed E-state index contributed by atoms with van der Waals surface area (Å²) in [5.41, 5.74) is 1.76. The van der Waals surface area contributed by atoms with Crippen molar-refractivity contribution in [3.63, 3.8) is 0 Å². The molecule has 0 saturated carbocycles. The van der Waals surface area contributed by atoms with Crippen LogP contribution in [0.15, 0.2) is 54.9 Å². The summed E-state index contributed by atoms with van der Waals surface area (Å²) >= 11 is 0. The van der Waals surface area contributed by atoms with Gasteiger partial charge in [-0.1, -0.05) is 37.3 Å². The van der Waals surface area contributed by atoms with Crippen molar-refractivity contribution in [1.29, 1.82) is 0 Å². The monoisotopic (exact) mass is 417 g/mol. The molecule has 0 bridgehead atoms. The van der Waals surface area contributed by atoms with Crippen molar-refractivity contribution in [1.82, 2.24) is 15.0 Å². The Bertz CT molecular complexity index is 945. The smallest absolute Gasteiger partial charge is 0.394 e. The van der Waals surface area contributed by atoms with Gasteiger partial charge in [-0.15, -0.1) is 0 Å². The summed E-state index contributed by atoms with van der Waals surface area (Å²) < 4.78 is 39.8. The Balaban J connectivity index is 1.73. The number of benzene rings is 1. The van der Waals surface area contributed by atoms with E-state index < -0.39 is 17.8 Å². The lowest BCUT2D eigenvalue weighted by Gasteiger charge is -2.19. The van der Waals surface area contributed by atoms with E-state index in [-0.39, 0.29) is 18.4 Å². The van der Waals surface area contributed by atoms with Gasteiger partial charge in [0.1, 0.15) is 11.4 Å². The van der Waals surface area contributed by atoms with E-state index in [1.54, 1.807) is 13.1 Å². The number of pyridine rings is 1. The van der Waals surface area contributed by atoms with Crippen molar-refractivity contribution >= 4 is 11.8 Å². The van der Waals surface area contributed by atoms with E-state index in [0.29, 0.717) is 13.0 Å². The molecule has 0 saturated heterocycles. The largest absolute Gasteiger partial charge is 0.421 e. The van der Waals surface area contributed by atoms with E-state index >= 15 is 0 Å². The van der Waals surface area contributed by atoms with E-state index in [1.165, 1.54) is 0 Å². The Morgan fingerprint density at radius 1 is 1.07 bits per heavy atom. The van der Waals surface area contributed by atoms with Crippen LogP contribution in [-0.2, 0) is 12.7 Å². The number of anilines is 2. The first-order valence-electron chi connectivity index (χ1n) is 9.46. The molecule has 0 radical (unpaired) electrons. The molecule has 158 valence electrons. The zero-order valence-electron chi connectivity index (χ0n) is 16.3. The quantitative estimate of drug-likeness (QED) is 0.505. The molecule has 1 atom stereocenters. The molecule has 2 heterocycles. The number of rotatable bonds is 8. The van der Waals surface area contributed by atoms with Crippen LogP contribution >= 0.6 is 0 Å². The fourth-order valence-corrected chi connectivity index (χ4v) is 2.76. The summed E-state index contributed by atoms with van der Waals surface area (Å²) in [6.07, 6.45) is -1.69. The molecule has 0 aliphatic heterocycles. The summed E-state index contributed by atoms with van der Waals surface area (Å²) in [6.45, 7) is 1.80. The first kappa shape index (κ1) is 21.5. The molecule has 2 aromatic heterocycles. The Hall–Kier alpha value is -3.20. The summed E-state index contributed by atoms with van der Waals surface area (Å²) in [4.78, 5) is 12.1. The highest BCUT2D eigenvalue weighted by Crippen LogP contribution is 2.34. The minimum Gasteiger partial charge on any atom is -0.394 e. The van der Waals surface area contributed by atoms with Crippen molar-refractivity contribution in [3.05, 3.63) is 66.0 Å². The molecule has 0 unspecified atom stereocenters. The van der Waals surface area contributed by atoms with Gasteiger partial charge in [-0.25, -0.2) is 4.98 Å². The Kier molecular flexibility index (Phi) is 6.83. The van der Waals surface area contributed by atoms with Crippen LogP contribution in [0.3, 0.4) is 0 Å². The summed E-state index contributed by atoms with van der Waals surface area (Å²) in [6, 6.07) is 12.8. The lowest BCUT2D eigenvalue weighted by atomic mass is 10.1. The predicted molar refractivity (Wildman–Crippen MR) is 109 cm³/mol. The van der Waals surface area contributed by atoms with E-state index in [0.717, 1.165) is 23.0 Å². The summed E-state index contributed by atoms with van der Waals surface area (Å²) in [7, 11) is 0. The molecular formula is C21H22F3N5O. The van der Waals surface area contributed by atoms with Gasteiger partial charge in [-0.3, -0.25) is 4.98 Å². The lowest BCUT2D eigenvalue weighted by molar-refractivity contribution is -0.137. The molecule has 9 heteroatoms. The maximum Gasteiger partial charge on any atom is 0.421 e. The molecule has 1 aromatic carbocycles. The first-order valence-corrected chi connectivity index (χ1v) is 9.46. The number of halogens is 3. The van der Waals surface area contributed by atoms with Gasteiger partial charge in [0.05, 0.1) is 18.3 Å². The Labute approximate surface area is 172 Å². The molecule has 0 aliphatic rings. The van der Waals surface area contributed by atoms with Crippen molar-refractivity contribution < 1.29 is 18.3 Å². The van der Waals surface area contributed by atoms with Crippen molar-refractivity contribution in [2.24, 2.45) is 0 Å². The molecule has 0 spiro atoms. The van der Waals surface area contributed by atoms with E-state index in [4.69, 9.17) is 0 Å². The number of aromatic nitrogens is 3. The highest BCUT2D eigenvalue weighted by atomic mass is 19.4. The average molecular weight is 417 g/mol. The average Bonchev–Trinajstić information content (AvgIpc) is 2.76. The normalized spacial score (nSPS) is 12.4. The third kappa shape index (κ3) is 5.44. The Morgan fingerprint density at radius 3 is 2.43 bits per heavy atom. The van der Waals surface area contributed by atoms with Gasteiger partial charge in [-0.2, -0.15) is 18.2 Å². The number of hydrogen-bond acceptors (Lipinski definition) is 6.